The molecule has 0 radical (unpaired) electrons. The van der Waals surface area contributed by atoms with Crippen LogP contribution in [0.25, 0.3) is 0 Å². The van der Waals surface area contributed by atoms with Crippen molar-refractivity contribution < 1.29 is 13.9 Å². The Hall–Kier alpha value is -2.16. The average Bonchev–Trinajstić information content (AvgIpc) is 2.85. The highest BCUT2D eigenvalue weighted by Gasteiger charge is 2.22. The molecule has 4 rings (SSSR count). The summed E-state index contributed by atoms with van der Waals surface area (Å²) in [5.41, 5.74) is 2.07. The lowest BCUT2D eigenvalue weighted by Crippen LogP contribution is -2.37. The van der Waals surface area contributed by atoms with Crippen LogP contribution in [0.2, 0.25) is 5.02 Å². The summed E-state index contributed by atoms with van der Waals surface area (Å²) in [6.45, 7) is 5.91. The van der Waals surface area contributed by atoms with Crippen LogP contribution in [0.5, 0.6) is 5.88 Å². The lowest BCUT2D eigenvalue weighted by Gasteiger charge is -2.29. The average molecular weight is 478 g/mol. The molecule has 1 aromatic carbocycles. The predicted octanol–water partition coefficient (Wildman–Crippen LogP) is 4.60. The lowest BCUT2D eigenvalue weighted by molar-refractivity contribution is 0.122. The maximum absolute atomic E-state index is 13.0. The van der Waals surface area contributed by atoms with Gasteiger partial charge in [0.2, 0.25) is 11.8 Å². The number of rotatable bonds is 9. The molecule has 1 aromatic heterocycles. The fourth-order valence-electron chi connectivity index (χ4n) is 4.28. The van der Waals surface area contributed by atoms with E-state index in [1.165, 1.54) is 5.69 Å². The molecule has 2 aromatic rings. The number of ether oxygens (including phenoxy) is 2. The Bertz CT molecular complexity index is 872. The number of halogens is 2. The van der Waals surface area contributed by atoms with Gasteiger partial charge in [-0.25, -0.2) is 9.37 Å². The van der Waals surface area contributed by atoms with E-state index in [-0.39, 0.29) is 0 Å². The zero-order chi connectivity index (χ0) is 23.0. The topological polar surface area (TPSA) is 71.5 Å². The van der Waals surface area contributed by atoms with Crippen LogP contribution in [-0.2, 0) is 4.74 Å². The third-order valence-electron chi connectivity index (χ3n) is 6.20. The van der Waals surface area contributed by atoms with Crippen molar-refractivity contribution in [3.63, 3.8) is 0 Å². The zero-order valence-corrected chi connectivity index (χ0v) is 19.9. The largest absolute Gasteiger partial charge is 0.476 e. The second kappa shape index (κ2) is 11.8. The number of morpholine rings is 1. The highest BCUT2D eigenvalue weighted by Crippen LogP contribution is 2.28. The Morgan fingerprint density at radius 1 is 1.18 bits per heavy atom. The molecule has 0 amide bonds. The molecule has 2 aliphatic rings. The van der Waals surface area contributed by atoms with E-state index in [9.17, 15) is 4.39 Å². The van der Waals surface area contributed by atoms with Gasteiger partial charge in [-0.1, -0.05) is 11.6 Å². The van der Waals surface area contributed by atoms with E-state index in [2.05, 4.69) is 37.6 Å². The first-order valence-corrected chi connectivity index (χ1v) is 12.2. The number of benzene rings is 1. The van der Waals surface area contributed by atoms with Gasteiger partial charge in [0.1, 0.15) is 11.2 Å². The number of nitrogens with zero attached hydrogens (tertiary/aromatic N) is 3. The highest BCUT2D eigenvalue weighted by atomic mass is 35.5. The van der Waals surface area contributed by atoms with Crippen molar-refractivity contribution in [2.45, 2.75) is 44.8 Å². The first kappa shape index (κ1) is 24.0. The Balaban J connectivity index is 1.27. The third kappa shape index (κ3) is 7.16. The second-order valence-corrected chi connectivity index (χ2v) is 9.24. The molecule has 0 spiro atoms. The minimum absolute atomic E-state index is 0.394. The van der Waals surface area contributed by atoms with Crippen LogP contribution in [0.1, 0.15) is 32.6 Å². The van der Waals surface area contributed by atoms with Crippen molar-refractivity contribution in [2.24, 2.45) is 5.92 Å². The van der Waals surface area contributed by atoms with E-state index in [4.69, 9.17) is 21.1 Å². The van der Waals surface area contributed by atoms with Gasteiger partial charge >= 0.3 is 0 Å². The quantitative estimate of drug-likeness (QED) is 0.547. The van der Waals surface area contributed by atoms with E-state index in [0.29, 0.717) is 42.0 Å². The molecule has 1 aliphatic carbocycles. The van der Waals surface area contributed by atoms with Crippen LogP contribution in [0.15, 0.2) is 30.5 Å². The normalized spacial score (nSPS) is 22.1. The number of hydrogen-bond donors (Lipinski definition) is 2. The second-order valence-electron chi connectivity index (χ2n) is 8.84. The number of aromatic nitrogens is 2. The monoisotopic (exact) mass is 477 g/mol. The summed E-state index contributed by atoms with van der Waals surface area (Å²) in [6, 6.07) is 8.59. The molecule has 7 nitrogen and oxygen atoms in total. The van der Waals surface area contributed by atoms with Crippen LogP contribution in [-0.4, -0.2) is 61.6 Å². The first-order chi connectivity index (χ1) is 16.1. The van der Waals surface area contributed by atoms with Crippen LogP contribution in [0.3, 0.4) is 0 Å². The smallest absolute Gasteiger partial charge is 0.237 e. The Morgan fingerprint density at radius 3 is 2.61 bits per heavy atom. The number of alkyl halides is 1. The molecular weight excluding hydrogens is 445 g/mol. The van der Waals surface area contributed by atoms with Crippen LogP contribution >= 0.6 is 11.6 Å². The SMILES string of the molecule is CC(F)CNC1CCC(COc2nc(Nc3ccc(N4CCOCC4)cc3)ncc2Cl)CC1. The first-order valence-electron chi connectivity index (χ1n) is 11.8. The van der Waals surface area contributed by atoms with Crippen molar-refractivity contribution >= 4 is 28.9 Å². The lowest BCUT2D eigenvalue weighted by atomic mass is 9.86. The number of nitrogens with one attached hydrogen (secondary N) is 2. The summed E-state index contributed by atoms with van der Waals surface area (Å²) in [4.78, 5) is 11.1. The van der Waals surface area contributed by atoms with Gasteiger partial charge in [-0.2, -0.15) is 4.98 Å². The molecule has 180 valence electrons. The van der Waals surface area contributed by atoms with E-state index >= 15 is 0 Å². The van der Waals surface area contributed by atoms with E-state index < -0.39 is 6.17 Å². The summed E-state index contributed by atoms with van der Waals surface area (Å²) >= 11 is 6.28. The minimum Gasteiger partial charge on any atom is -0.476 e. The Morgan fingerprint density at radius 2 is 1.91 bits per heavy atom. The van der Waals surface area contributed by atoms with Crippen LogP contribution in [0, 0.1) is 5.92 Å². The molecule has 1 unspecified atom stereocenters. The van der Waals surface area contributed by atoms with E-state index in [1.807, 2.05) is 12.1 Å². The number of hydrogen-bond acceptors (Lipinski definition) is 7. The molecule has 1 saturated heterocycles. The van der Waals surface area contributed by atoms with Crippen molar-refractivity contribution in [3.8, 4) is 5.88 Å². The van der Waals surface area contributed by atoms with Crippen molar-refractivity contribution in [2.75, 3.05) is 49.7 Å². The molecule has 2 fully saturated rings. The van der Waals surface area contributed by atoms with Gasteiger partial charge in [0, 0.05) is 37.1 Å². The summed E-state index contributed by atoms with van der Waals surface area (Å²) in [7, 11) is 0. The highest BCUT2D eigenvalue weighted by molar-refractivity contribution is 6.31. The molecule has 2 heterocycles. The molecule has 33 heavy (non-hydrogen) atoms. The van der Waals surface area contributed by atoms with Crippen molar-refractivity contribution in [3.05, 3.63) is 35.5 Å². The van der Waals surface area contributed by atoms with E-state index in [0.717, 1.165) is 57.7 Å². The van der Waals surface area contributed by atoms with Crippen LogP contribution in [0.4, 0.5) is 21.7 Å². The molecule has 1 aliphatic heterocycles. The van der Waals surface area contributed by atoms with Gasteiger partial charge in [0.25, 0.3) is 0 Å². The van der Waals surface area contributed by atoms with Gasteiger partial charge in [-0.3, -0.25) is 0 Å². The third-order valence-corrected chi connectivity index (χ3v) is 6.46. The molecule has 1 atom stereocenters. The maximum Gasteiger partial charge on any atom is 0.237 e. The summed E-state index contributed by atoms with van der Waals surface area (Å²) in [6.07, 6.45) is 4.91. The minimum atomic E-state index is -0.809. The van der Waals surface area contributed by atoms with Gasteiger partial charge in [-0.05, 0) is 62.8 Å². The molecular formula is C24H33ClFN5O2. The molecule has 9 heteroatoms. The standard InChI is InChI=1S/C24H33ClFN5O2/c1-17(26)14-27-19-4-2-18(3-5-19)16-33-23-22(25)15-28-24(30-23)29-20-6-8-21(9-7-20)31-10-12-32-13-11-31/h6-9,15,17-19,27H,2-5,10-14,16H2,1H3,(H,28,29,30). The maximum atomic E-state index is 13.0. The predicted molar refractivity (Wildman–Crippen MR) is 130 cm³/mol. The fourth-order valence-corrected chi connectivity index (χ4v) is 4.42. The van der Waals surface area contributed by atoms with Crippen molar-refractivity contribution in [1.29, 1.82) is 0 Å². The Kier molecular flexibility index (Phi) is 8.58. The van der Waals surface area contributed by atoms with Gasteiger partial charge in [0.15, 0.2) is 0 Å². The van der Waals surface area contributed by atoms with Crippen LogP contribution < -0.4 is 20.3 Å². The van der Waals surface area contributed by atoms with Crippen molar-refractivity contribution in [1.82, 2.24) is 15.3 Å². The van der Waals surface area contributed by atoms with Gasteiger partial charge in [-0.15, -0.1) is 0 Å². The van der Waals surface area contributed by atoms with E-state index in [1.54, 1.807) is 13.1 Å². The summed E-state index contributed by atoms with van der Waals surface area (Å²) in [5.74, 6) is 1.29. The molecule has 1 saturated carbocycles. The molecule has 2 N–H and O–H groups in total. The van der Waals surface area contributed by atoms with Gasteiger partial charge < -0.3 is 25.0 Å². The summed E-state index contributed by atoms with van der Waals surface area (Å²) < 4.78 is 24.4. The summed E-state index contributed by atoms with van der Waals surface area (Å²) in [5, 5.41) is 6.93. The zero-order valence-electron chi connectivity index (χ0n) is 19.1. The van der Waals surface area contributed by atoms with Gasteiger partial charge in [0.05, 0.1) is 26.0 Å². The fraction of sp³-hybridized carbons (Fsp3) is 0.583. The Labute approximate surface area is 200 Å². The number of anilines is 3. The molecule has 0 bridgehead atoms.